The van der Waals surface area contributed by atoms with E-state index in [1.54, 1.807) is 0 Å². The Morgan fingerprint density at radius 1 is 0.429 bits per heavy atom. The first-order valence-corrected chi connectivity index (χ1v) is 12.4. The maximum atomic E-state index is 10.8. The number of hydrogen-bond donors (Lipinski definition) is 2. The fourth-order valence-electron chi connectivity index (χ4n) is 4.97. The van der Waals surface area contributed by atoms with Gasteiger partial charge in [0.1, 0.15) is 11.5 Å². The Labute approximate surface area is 209 Å². The fraction of sp³-hybridized carbons (Fsp3) is 0.273. The Morgan fingerprint density at radius 3 is 1.23 bits per heavy atom. The molecule has 35 heavy (non-hydrogen) atoms. The van der Waals surface area contributed by atoms with Gasteiger partial charge in [-0.25, -0.2) is 0 Å². The van der Waals surface area contributed by atoms with Crippen LogP contribution in [0.2, 0.25) is 0 Å². The largest absolute Gasteiger partial charge is 0.507 e. The smallest absolute Gasteiger partial charge is 0.122 e. The van der Waals surface area contributed by atoms with E-state index < -0.39 is 0 Å². The molecule has 2 N–H and O–H groups in total. The van der Waals surface area contributed by atoms with Gasteiger partial charge in [0, 0.05) is 12.8 Å². The average Bonchev–Trinajstić information content (AvgIpc) is 2.80. The maximum absolute atomic E-state index is 10.8. The van der Waals surface area contributed by atoms with Crippen LogP contribution in [-0.2, 0) is 19.3 Å². The first-order valence-electron chi connectivity index (χ1n) is 12.4. The second kappa shape index (κ2) is 10.00. The van der Waals surface area contributed by atoms with E-state index >= 15 is 0 Å². The van der Waals surface area contributed by atoms with Crippen molar-refractivity contribution in [2.24, 2.45) is 0 Å². The third-order valence-electron chi connectivity index (χ3n) is 7.06. The monoisotopic (exact) mass is 464 g/mol. The van der Waals surface area contributed by atoms with Crippen molar-refractivity contribution in [1.29, 1.82) is 0 Å². The lowest BCUT2D eigenvalue weighted by Crippen LogP contribution is -2.00. The molecule has 0 fully saturated rings. The summed E-state index contributed by atoms with van der Waals surface area (Å²) in [4.78, 5) is 0. The molecule has 0 saturated carbocycles. The van der Waals surface area contributed by atoms with E-state index in [1.165, 1.54) is 44.5 Å². The van der Waals surface area contributed by atoms with Crippen LogP contribution in [0.1, 0.15) is 66.8 Å². The first kappa shape index (κ1) is 24.6. The quantitative estimate of drug-likeness (QED) is 0.307. The zero-order valence-corrected chi connectivity index (χ0v) is 21.8. The molecule has 0 atom stereocenters. The van der Waals surface area contributed by atoms with E-state index in [0.717, 1.165) is 28.7 Å². The standard InChI is InChI=1S/C33H36O2/c1-20-7-9-22(3)28(11-20)18-30-16-26(13-24(5)32(30)34)15-27-14-25(6)33(35)31(17-27)19-29-12-21(2)8-10-23(29)4/h7-14,16-17,34-35H,15,18-19H2,1-6H3. The molecule has 4 aromatic rings. The summed E-state index contributed by atoms with van der Waals surface area (Å²) in [5.41, 5.74) is 13.5. The van der Waals surface area contributed by atoms with Gasteiger partial charge in [-0.3, -0.25) is 0 Å². The Balaban J connectivity index is 1.66. The highest BCUT2D eigenvalue weighted by atomic mass is 16.3. The minimum Gasteiger partial charge on any atom is -0.507 e. The van der Waals surface area contributed by atoms with E-state index in [9.17, 15) is 10.2 Å². The molecule has 4 rings (SSSR count). The van der Waals surface area contributed by atoms with Crippen molar-refractivity contribution in [1.82, 2.24) is 0 Å². The lowest BCUT2D eigenvalue weighted by atomic mass is 9.91. The molecule has 0 aromatic heterocycles. The van der Waals surface area contributed by atoms with Crippen LogP contribution in [0.15, 0.2) is 60.7 Å². The van der Waals surface area contributed by atoms with E-state index in [4.69, 9.17) is 0 Å². The predicted molar refractivity (Wildman–Crippen MR) is 146 cm³/mol. The van der Waals surface area contributed by atoms with Crippen molar-refractivity contribution in [3.8, 4) is 11.5 Å². The van der Waals surface area contributed by atoms with Crippen LogP contribution in [0.4, 0.5) is 0 Å². The second-order valence-electron chi connectivity index (χ2n) is 10.2. The molecule has 0 aliphatic rings. The van der Waals surface area contributed by atoms with Gasteiger partial charge in [0.2, 0.25) is 0 Å². The van der Waals surface area contributed by atoms with E-state index in [2.05, 4.69) is 88.4 Å². The van der Waals surface area contributed by atoms with Gasteiger partial charge >= 0.3 is 0 Å². The van der Waals surface area contributed by atoms with Crippen LogP contribution in [0.3, 0.4) is 0 Å². The van der Waals surface area contributed by atoms with Gasteiger partial charge in [0.05, 0.1) is 0 Å². The van der Waals surface area contributed by atoms with Gasteiger partial charge in [0.15, 0.2) is 0 Å². The zero-order valence-electron chi connectivity index (χ0n) is 21.8. The maximum Gasteiger partial charge on any atom is 0.122 e. The summed E-state index contributed by atoms with van der Waals surface area (Å²) < 4.78 is 0. The van der Waals surface area contributed by atoms with Gasteiger partial charge in [-0.1, -0.05) is 71.8 Å². The number of hydrogen-bond acceptors (Lipinski definition) is 2. The lowest BCUT2D eigenvalue weighted by molar-refractivity contribution is 0.465. The van der Waals surface area contributed by atoms with Gasteiger partial charge in [-0.05, 0) is 104 Å². The summed E-state index contributed by atoms with van der Waals surface area (Å²) in [7, 11) is 0. The number of aromatic hydroxyl groups is 2. The molecule has 0 spiro atoms. The highest BCUT2D eigenvalue weighted by Gasteiger charge is 2.13. The topological polar surface area (TPSA) is 40.5 Å². The molecule has 0 saturated heterocycles. The SMILES string of the molecule is Cc1ccc(C)c(Cc2cc(Cc3cc(C)c(O)c(Cc4cc(C)ccc4C)c3)cc(C)c2O)c1. The highest BCUT2D eigenvalue weighted by molar-refractivity contribution is 5.50. The van der Waals surface area contributed by atoms with Crippen LogP contribution < -0.4 is 0 Å². The van der Waals surface area contributed by atoms with E-state index in [0.29, 0.717) is 24.3 Å². The summed E-state index contributed by atoms with van der Waals surface area (Å²) in [6.45, 7) is 12.4. The predicted octanol–water partition coefficient (Wildman–Crippen LogP) is 7.72. The molecule has 180 valence electrons. The molecule has 0 amide bonds. The molecule has 0 aliphatic carbocycles. The highest BCUT2D eigenvalue weighted by Crippen LogP contribution is 2.31. The lowest BCUT2D eigenvalue weighted by Gasteiger charge is -2.15. The third-order valence-corrected chi connectivity index (χ3v) is 7.06. The minimum atomic E-state index is 0.382. The Kier molecular flexibility index (Phi) is 7.03. The number of rotatable bonds is 6. The molecular formula is C33H36O2. The molecule has 2 heteroatoms. The van der Waals surface area contributed by atoms with Crippen molar-refractivity contribution in [3.63, 3.8) is 0 Å². The Morgan fingerprint density at radius 2 is 0.829 bits per heavy atom. The van der Waals surface area contributed by atoms with Gasteiger partial charge < -0.3 is 10.2 Å². The number of phenols is 2. The second-order valence-corrected chi connectivity index (χ2v) is 10.2. The van der Waals surface area contributed by atoms with E-state index in [-0.39, 0.29) is 0 Å². The molecule has 4 aromatic carbocycles. The summed E-state index contributed by atoms with van der Waals surface area (Å²) in [5, 5.41) is 21.6. The molecule has 0 bridgehead atoms. The molecule has 0 aliphatic heterocycles. The molecule has 0 heterocycles. The summed E-state index contributed by atoms with van der Waals surface area (Å²) >= 11 is 0. The van der Waals surface area contributed by atoms with Crippen molar-refractivity contribution in [2.75, 3.05) is 0 Å². The van der Waals surface area contributed by atoms with Crippen LogP contribution in [0, 0.1) is 41.5 Å². The molecular weight excluding hydrogens is 428 g/mol. The summed E-state index contributed by atoms with van der Waals surface area (Å²) in [6, 6.07) is 21.4. The van der Waals surface area contributed by atoms with Crippen LogP contribution in [0.25, 0.3) is 0 Å². The first-order chi connectivity index (χ1) is 16.6. The Bertz CT molecular complexity index is 1290. The van der Waals surface area contributed by atoms with Gasteiger partial charge in [0.25, 0.3) is 0 Å². The zero-order chi connectivity index (χ0) is 25.3. The Hall–Kier alpha value is -3.52. The molecule has 2 nitrogen and oxygen atoms in total. The fourth-order valence-corrected chi connectivity index (χ4v) is 4.97. The van der Waals surface area contributed by atoms with Crippen molar-refractivity contribution in [3.05, 3.63) is 127 Å². The summed E-state index contributed by atoms with van der Waals surface area (Å²) in [6.07, 6.45) is 2.17. The molecule has 0 radical (unpaired) electrons. The number of phenolic OH excluding ortho intramolecular Hbond substituents is 2. The van der Waals surface area contributed by atoms with Gasteiger partial charge in [-0.2, -0.15) is 0 Å². The molecule has 0 unspecified atom stereocenters. The minimum absolute atomic E-state index is 0.382. The normalized spacial score (nSPS) is 11.1. The van der Waals surface area contributed by atoms with Crippen molar-refractivity contribution >= 4 is 0 Å². The number of aryl methyl sites for hydroxylation is 6. The van der Waals surface area contributed by atoms with Crippen LogP contribution in [0.5, 0.6) is 11.5 Å². The van der Waals surface area contributed by atoms with Gasteiger partial charge in [-0.15, -0.1) is 0 Å². The van der Waals surface area contributed by atoms with E-state index in [1.807, 2.05) is 13.8 Å². The number of benzene rings is 4. The van der Waals surface area contributed by atoms with Crippen molar-refractivity contribution in [2.45, 2.75) is 60.8 Å². The average molecular weight is 465 g/mol. The third kappa shape index (κ3) is 5.59. The van der Waals surface area contributed by atoms with Crippen molar-refractivity contribution < 1.29 is 10.2 Å². The summed E-state index contributed by atoms with van der Waals surface area (Å²) in [5.74, 6) is 0.763. The van der Waals surface area contributed by atoms with Crippen LogP contribution in [-0.4, -0.2) is 10.2 Å². The van der Waals surface area contributed by atoms with Crippen LogP contribution >= 0.6 is 0 Å².